The summed E-state index contributed by atoms with van der Waals surface area (Å²) in [6, 6.07) is 7.49. The first-order chi connectivity index (χ1) is 9.82. The molecule has 0 bridgehead atoms. The lowest BCUT2D eigenvalue weighted by atomic mass is 10.2. The van der Waals surface area contributed by atoms with E-state index in [2.05, 4.69) is 0 Å². The molecule has 0 aliphatic rings. The highest BCUT2D eigenvalue weighted by Crippen LogP contribution is 2.26. The normalized spacial score (nSPS) is 10.5. The van der Waals surface area contributed by atoms with E-state index in [1.54, 1.807) is 26.2 Å². The van der Waals surface area contributed by atoms with Gasteiger partial charge in [0.05, 0.1) is 10.6 Å². The molecular weight excluding hydrogens is 315 g/mol. The van der Waals surface area contributed by atoms with Gasteiger partial charge in [-0.15, -0.1) is 0 Å². The second kappa shape index (κ2) is 5.79. The van der Waals surface area contributed by atoms with E-state index in [9.17, 15) is 9.59 Å². The van der Waals surface area contributed by atoms with Crippen molar-refractivity contribution >= 4 is 40.8 Å². The van der Waals surface area contributed by atoms with Gasteiger partial charge in [0, 0.05) is 19.8 Å². The van der Waals surface area contributed by atoms with Crippen LogP contribution < -0.4 is 4.90 Å². The van der Waals surface area contributed by atoms with Crippen LogP contribution in [-0.4, -0.2) is 28.6 Å². The van der Waals surface area contributed by atoms with Crippen LogP contribution in [0.3, 0.4) is 0 Å². The van der Waals surface area contributed by atoms with E-state index < -0.39 is 5.97 Å². The number of amides is 1. The van der Waals surface area contributed by atoms with Gasteiger partial charge in [-0.2, -0.15) is 0 Å². The number of carbonyl (C=O) groups is 2. The summed E-state index contributed by atoms with van der Waals surface area (Å²) in [5, 5.41) is 9.45. The Morgan fingerprint density at radius 1 is 1.19 bits per heavy atom. The molecule has 0 aliphatic carbocycles. The minimum absolute atomic E-state index is 0.157. The summed E-state index contributed by atoms with van der Waals surface area (Å²) in [6.07, 6.45) is 0. The molecule has 5 nitrogen and oxygen atoms in total. The topological polar surface area (TPSA) is 62.5 Å². The largest absolute Gasteiger partial charge is 0.478 e. The number of hydrogen-bond donors (Lipinski definition) is 1. The number of carbonyl (C=O) groups excluding carboxylic acids is 1. The van der Waals surface area contributed by atoms with Crippen LogP contribution in [-0.2, 0) is 7.05 Å². The molecule has 0 unspecified atom stereocenters. The van der Waals surface area contributed by atoms with E-state index in [4.69, 9.17) is 28.3 Å². The van der Waals surface area contributed by atoms with Crippen molar-refractivity contribution in [2.45, 2.75) is 0 Å². The monoisotopic (exact) mass is 326 g/mol. The number of aromatic nitrogens is 1. The van der Waals surface area contributed by atoms with Crippen molar-refractivity contribution in [1.82, 2.24) is 4.57 Å². The number of anilines is 1. The number of carboxylic acids is 1. The molecule has 1 aromatic carbocycles. The second-order valence-corrected chi connectivity index (χ2v) is 5.21. The molecule has 2 rings (SSSR count). The summed E-state index contributed by atoms with van der Waals surface area (Å²) in [5.41, 5.74) is 1.07. The Hall–Kier alpha value is -1.98. The van der Waals surface area contributed by atoms with Crippen molar-refractivity contribution in [3.05, 3.63) is 51.8 Å². The van der Waals surface area contributed by atoms with E-state index in [-0.39, 0.29) is 16.6 Å². The molecule has 1 N–H and O–H groups in total. The third kappa shape index (κ3) is 2.89. The first-order valence-corrected chi connectivity index (χ1v) is 6.70. The maximum atomic E-state index is 12.4. The fourth-order valence-electron chi connectivity index (χ4n) is 1.86. The molecule has 0 radical (unpaired) electrons. The van der Waals surface area contributed by atoms with Gasteiger partial charge in [0.25, 0.3) is 5.91 Å². The summed E-state index contributed by atoms with van der Waals surface area (Å²) in [6.45, 7) is 0. The lowest BCUT2D eigenvalue weighted by molar-refractivity contribution is 0.0696. The third-order valence-electron chi connectivity index (χ3n) is 3.14. The number of benzene rings is 1. The van der Waals surface area contributed by atoms with Crippen LogP contribution in [0, 0.1) is 0 Å². The van der Waals surface area contributed by atoms with Gasteiger partial charge in [-0.25, -0.2) is 4.79 Å². The number of carboxylic acid groups (broad SMARTS) is 1. The zero-order valence-electron chi connectivity index (χ0n) is 11.3. The fraction of sp³-hybridized carbons (Fsp3) is 0.143. The predicted octanol–water partition coefficient (Wildman–Crippen LogP) is 3.31. The minimum atomic E-state index is -1.02. The van der Waals surface area contributed by atoms with E-state index in [0.717, 1.165) is 0 Å². The average molecular weight is 327 g/mol. The first-order valence-electron chi connectivity index (χ1n) is 5.95. The summed E-state index contributed by atoms with van der Waals surface area (Å²) in [4.78, 5) is 24.6. The molecule has 110 valence electrons. The lowest BCUT2D eigenvalue weighted by Crippen LogP contribution is -2.28. The van der Waals surface area contributed by atoms with Gasteiger partial charge in [-0.05, 0) is 30.3 Å². The van der Waals surface area contributed by atoms with Gasteiger partial charge < -0.3 is 14.6 Å². The van der Waals surface area contributed by atoms with Gasteiger partial charge in [-0.1, -0.05) is 23.2 Å². The molecule has 0 fully saturated rings. The minimum Gasteiger partial charge on any atom is -0.478 e. The fourth-order valence-corrected chi connectivity index (χ4v) is 2.24. The maximum Gasteiger partial charge on any atom is 0.335 e. The Morgan fingerprint density at radius 2 is 1.76 bits per heavy atom. The van der Waals surface area contributed by atoms with Crippen molar-refractivity contribution in [1.29, 1.82) is 0 Å². The molecule has 7 heteroatoms. The molecule has 0 saturated carbocycles. The number of hydrogen-bond acceptors (Lipinski definition) is 2. The predicted molar refractivity (Wildman–Crippen MR) is 81.6 cm³/mol. The van der Waals surface area contributed by atoms with Gasteiger partial charge in [-0.3, -0.25) is 4.79 Å². The van der Waals surface area contributed by atoms with Crippen molar-refractivity contribution < 1.29 is 14.7 Å². The Morgan fingerprint density at radius 3 is 2.19 bits per heavy atom. The highest BCUT2D eigenvalue weighted by atomic mass is 35.5. The van der Waals surface area contributed by atoms with Gasteiger partial charge in [0.1, 0.15) is 10.8 Å². The molecule has 0 atom stereocenters. The number of nitrogens with zero attached hydrogens (tertiary/aromatic N) is 2. The van der Waals surface area contributed by atoms with Crippen LogP contribution in [0.5, 0.6) is 0 Å². The van der Waals surface area contributed by atoms with Crippen LogP contribution in [0.25, 0.3) is 0 Å². The Labute approximate surface area is 131 Å². The van der Waals surface area contributed by atoms with Crippen LogP contribution in [0.15, 0.2) is 30.3 Å². The van der Waals surface area contributed by atoms with Crippen LogP contribution >= 0.6 is 23.2 Å². The summed E-state index contributed by atoms with van der Waals surface area (Å²) in [7, 11) is 3.23. The molecule has 2 aromatic rings. The van der Waals surface area contributed by atoms with Crippen molar-refractivity contribution in [2.24, 2.45) is 7.05 Å². The van der Waals surface area contributed by atoms with Crippen LogP contribution in [0.1, 0.15) is 20.8 Å². The zero-order chi connectivity index (χ0) is 15.7. The Kier molecular flexibility index (Phi) is 4.25. The smallest absolute Gasteiger partial charge is 0.335 e. The van der Waals surface area contributed by atoms with E-state index in [1.807, 2.05) is 0 Å². The summed E-state index contributed by atoms with van der Waals surface area (Å²) < 4.78 is 1.49. The molecule has 0 spiro atoms. The van der Waals surface area contributed by atoms with Crippen LogP contribution in [0.4, 0.5) is 5.69 Å². The molecule has 21 heavy (non-hydrogen) atoms. The molecular formula is C14H12Cl2N2O3. The van der Waals surface area contributed by atoms with Gasteiger partial charge in [0.2, 0.25) is 0 Å². The number of rotatable bonds is 3. The lowest BCUT2D eigenvalue weighted by Gasteiger charge is -2.17. The van der Waals surface area contributed by atoms with Crippen molar-refractivity contribution in [2.75, 3.05) is 11.9 Å². The highest BCUT2D eigenvalue weighted by molar-refractivity contribution is 6.42. The van der Waals surface area contributed by atoms with Gasteiger partial charge in [0.15, 0.2) is 0 Å². The molecule has 1 amide bonds. The second-order valence-electron chi connectivity index (χ2n) is 4.44. The van der Waals surface area contributed by atoms with Crippen LogP contribution in [0.2, 0.25) is 10.2 Å². The maximum absolute atomic E-state index is 12.4. The Bertz CT molecular complexity index is 708. The van der Waals surface area contributed by atoms with E-state index in [0.29, 0.717) is 16.4 Å². The van der Waals surface area contributed by atoms with E-state index in [1.165, 1.54) is 27.7 Å². The number of halogens is 2. The SMILES string of the molecule is CN(C(=O)c1cc(Cl)c(Cl)n1C)c1ccc(C(=O)O)cc1. The average Bonchev–Trinajstić information content (AvgIpc) is 2.73. The first kappa shape index (κ1) is 15.4. The summed E-state index contributed by atoms with van der Waals surface area (Å²) >= 11 is 11.8. The molecule has 1 heterocycles. The molecule has 0 aliphatic heterocycles. The zero-order valence-corrected chi connectivity index (χ0v) is 12.8. The van der Waals surface area contributed by atoms with Crippen molar-refractivity contribution in [3.8, 4) is 0 Å². The molecule has 1 aromatic heterocycles. The standard InChI is InChI=1S/C14H12Cl2N2O3/c1-17(9-5-3-8(4-6-9)14(20)21)13(19)11-7-10(15)12(16)18(11)2/h3-7H,1-2H3,(H,20,21). The quantitative estimate of drug-likeness (QED) is 0.941. The third-order valence-corrected chi connectivity index (χ3v) is 3.98. The van der Waals surface area contributed by atoms with Crippen molar-refractivity contribution in [3.63, 3.8) is 0 Å². The molecule has 0 saturated heterocycles. The highest BCUT2D eigenvalue weighted by Gasteiger charge is 2.20. The summed E-state index contributed by atoms with van der Waals surface area (Å²) in [5.74, 6) is -1.31. The van der Waals surface area contributed by atoms with E-state index >= 15 is 0 Å². The number of aromatic carboxylic acids is 1. The Balaban J connectivity index is 2.30. The van der Waals surface area contributed by atoms with Gasteiger partial charge >= 0.3 is 5.97 Å².